The molecule has 0 saturated carbocycles. The highest BCUT2D eigenvalue weighted by Crippen LogP contribution is 2.15. The summed E-state index contributed by atoms with van der Waals surface area (Å²) >= 11 is 0. The van der Waals surface area contributed by atoms with Gasteiger partial charge in [-0.15, -0.1) is 10.2 Å². The normalized spacial score (nSPS) is 11.4. The summed E-state index contributed by atoms with van der Waals surface area (Å²) in [6.07, 6.45) is 3.95. The number of nitrogens with zero attached hydrogens (tertiary/aromatic N) is 4. The van der Waals surface area contributed by atoms with Crippen LogP contribution in [0.15, 0.2) is 68.9 Å². The van der Waals surface area contributed by atoms with Gasteiger partial charge in [-0.2, -0.15) is 10.2 Å². The van der Waals surface area contributed by atoms with Crippen LogP contribution in [0.5, 0.6) is 0 Å². The number of guanidine groups is 2. The number of benzene rings is 2. The molecule has 0 unspecified atom stereocenters. The van der Waals surface area contributed by atoms with Gasteiger partial charge < -0.3 is 33.6 Å². The van der Waals surface area contributed by atoms with E-state index in [1.165, 1.54) is 0 Å². The second kappa shape index (κ2) is 15.4. The van der Waals surface area contributed by atoms with Crippen molar-refractivity contribution in [3.05, 3.63) is 59.7 Å². The highest BCUT2D eigenvalue weighted by atomic mass is 16.2. The van der Waals surface area contributed by atoms with Gasteiger partial charge in [0.25, 0.3) is 0 Å². The minimum absolute atomic E-state index is 0.0720. The monoisotopic (exact) mass is 520 g/mol. The number of carbonyl (C=O) groups is 2. The van der Waals surface area contributed by atoms with Crippen LogP contribution in [0.2, 0.25) is 0 Å². The van der Waals surface area contributed by atoms with E-state index in [0.717, 1.165) is 36.8 Å². The third-order valence-corrected chi connectivity index (χ3v) is 5.32. The fourth-order valence-electron chi connectivity index (χ4n) is 3.40. The number of hydrogen-bond donors (Lipinski definition) is 6. The van der Waals surface area contributed by atoms with Crippen molar-refractivity contribution in [3.8, 4) is 0 Å². The Labute approximate surface area is 222 Å². The zero-order valence-corrected chi connectivity index (χ0v) is 21.8. The number of anilines is 2. The summed E-state index contributed by atoms with van der Waals surface area (Å²) in [5.41, 5.74) is 25.4. The molecule has 2 aromatic carbocycles. The van der Waals surface area contributed by atoms with Crippen molar-refractivity contribution in [2.75, 3.05) is 10.6 Å². The molecule has 2 rings (SSSR count). The minimum Gasteiger partial charge on any atom is -0.369 e. The quantitative estimate of drug-likeness (QED) is 0.101. The predicted molar refractivity (Wildman–Crippen MR) is 154 cm³/mol. The minimum atomic E-state index is -0.123. The van der Waals surface area contributed by atoms with Crippen molar-refractivity contribution < 1.29 is 9.59 Å². The summed E-state index contributed by atoms with van der Waals surface area (Å²) in [6, 6.07) is 14.6. The molecule has 0 spiro atoms. The number of nitrogens with two attached hydrogens (primary N) is 4. The summed E-state index contributed by atoms with van der Waals surface area (Å²) in [5.74, 6) is -0.390. The first-order valence-corrected chi connectivity index (χ1v) is 12.2. The Kier molecular flexibility index (Phi) is 11.9. The smallest absolute Gasteiger partial charge is 0.224 e. The Morgan fingerprint density at radius 2 is 1.03 bits per heavy atom. The van der Waals surface area contributed by atoms with E-state index in [0.29, 0.717) is 35.6 Å². The molecule has 0 heterocycles. The summed E-state index contributed by atoms with van der Waals surface area (Å²) in [4.78, 5) is 24.6. The van der Waals surface area contributed by atoms with Gasteiger partial charge in [-0.1, -0.05) is 37.1 Å². The van der Waals surface area contributed by atoms with Crippen molar-refractivity contribution in [3.63, 3.8) is 0 Å². The molecular formula is C26H36N10O2. The molecule has 12 heteroatoms. The van der Waals surface area contributed by atoms with Gasteiger partial charge in [0, 0.05) is 24.2 Å². The molecule has 2 aromatic rings. The van der Waals surface area contributed by atoms with Crippen LogP contribution in [0, 0.1) is 0 Å². The maximum atomic E-state index is 12.3. The zero-order valence-electron chi connectivity index (χ0n) is 21.8. The first-order chi connectivity index (χ1) is 18.1. The molecule has 10 N–H and O–H groups in total. The van der Waals surface area contributed by atoms with Crippen molar-refractivity contribution in [2.45, 2.75) is 52.4 Å². The summed E-state index contributed by atoms with van der Waals surface area (Å²) < 4.78 is 0. The SMILES string of the molecule is CC(=NN=C(N)N)c1cccc(NC(=O)CCCCCCC(=O)Nc2cccc(C(C)=NN=C(N)N)c2)c1. The van der Waals surface area contributed by atoms with Crippen molar-refractivity contribution in [1.82, 2.24) is 0 Å². The van der Waals surface area contributed by atoms with Gasteiger partial charge in [0.15, 0.2) is 0 Å². The third kappa shape index (κ3) is 11.3. The molecule has 202 valence electrons. The summed E-state index contributed by atoms with van der Waals surface area (Å²) in [6.45, 7) is 3.55. The second-order valence-electron chi connectivity index (χ2n) is 8.59. The van der Waals surface area contributed by atoms with E-state index in [2.05, 4.69) is 31.0 Å². The molecule has 0 aromatic heterocycles. The first-order valence-electron chi connectivity index (χ1n) is 12.2. The van der Waals surface area contributed by atoms with E-state index >= 15 is 0 Å². The third-order valence-electron chi connectivity index (χ3n) is 5.32. The van der Waals surface area contributed by atoms with E-state index in [1.54, 1.807) is 13.8 Å². The number of amides is 2. The predicted octanol–water partition coefficient (Wildman–Crippen LogP) is 2.60. The molecule has 0 aliphatic carbocycles. The molecule has 0 saturated heterocycles. The molecule has 0 atom stereocenters. The van der Waals surface area contributed by atoms with Gasteiger partial charge in [-0.3, -0.25) is 9.59 Å². The van der Waals surface area contributed by atoms with Crippen LogP contribution < -0.4 is 33.6 Å². The molecular weight excluding hydrogens is 484 g/mol. The van der Waals surface area contributed by atoms with Crippen molar-refractivity contribution in [1.29, 1.82) is 0 Å². The lowest BCUT2D eigenvalue weighted by atomic mass is 10.1. The zero-order chi connectivity index (χ0) is 27.9. The highest BCUT2D eigenvalue weighted by molar-refractivity contribution is 6.01. The van der Waals surface area contributed by atoms with E-state index in [1.807, 2.05) is 48.5 Å². The maximum Gasteiger partial charge on any atom is 0.224 e. The molecule has 2 amide bonds. The average molecular weight is 521 g/mol. The van der Waals surface area contributed by atoms with Crippen LogP contribution in [0.4, 0.5) is 11.4 Å². The van der Waals surface area contributed by atoms with E-state index in [9.17, 15) is 9.59 Å². The van der Waals surface area contributed by atoms with E-state index in [4.69, 9.17) is 22.9 Å². The fourth-order valence-corrected chi connectivity index (χ4v) is 3.40. The lowest BCUT2D eigenvalue weighted by Gasteiger charge is -2.08. The average Bonchev–Trinajstić information content (AvgIpc) is 2.88. The fraction of sp³-hybridized carbons (Fsp3) is 0.308. The molecule has 0 aliphatic rings. The molecule has 0 bridgehead atoms. The Morgan fingerprint density at radius 1 is 0.632 bits per heavy atom. The van der Waals surface area contributed by atoms with Gasteiger partial charge >= 0.3 is 0 Å². The molecule has 38 heavy (non-hydrogen) atoms. The van der Waals surface area contributed by atoms with Gasteiger partial charge in [-0.05, 0) is 62.1 Å². The summed E-state index contributed by atoms with van der Waals surface area (Å²) in [5, 5.41) is 21.0. The van der Waals surface area contributed by atoms with Crippen molar-refractivity contribution >= 4 is 46.5 Å². The number of carbonyl (C=O) groups excluding carboxylic acids is 2. The standard InChI is InChI=1S/C26H36N10O2/c1-17(33-35-25(27)28)19-9-7-11-21(15-19)31-23(37)13-5-3-4-6-14-24(38)32-22-12-8-10-20(16-22)18(2)34-36-26(29)30/h7-12,15-16H,3-6,13-14H2,1-2H3,(H,31,37)(H,32,38)(H4,27,28,35)(H4,29,30,36). The Bertz CT molecular complexity index is 1130. The topological polar surface area (TPSA) is 212 Å². The van der Waals surface area contributed by atoms with E-state index in [-0.39, 0.29) is 23.7 Å². The van der Waals surface area contributed by atoms with Crippen LogP contribution >= 0.6 is 0 Å². The van der Waals surface area contributed by atoms with Crippen LogP contribution in [0.25, 0.3) is 0 Å². The van der Waals surface area contributed by atoms with Gasteiger partial charge in [0.05, 0.1) is 11.4 Å². The first kappa shape index (κ1) is 29.5. The van der Waals surface area contributed by atoms with Crippen LogP contribution in [-0.4, -0.2) is 35.2 Å². The number of hydrogen-bond acceptors (Lipinski definition) is 6. The number of nitrogens with one attached hydrogen (secondary N) is 2. The van der Waals surface area contributed by atoms with Gasteiger partial charge in [-0.25, -0.2) is 0 Å². The van der Waals surface area contributed by atoms with Crippen LogP contribution in [0.3, 0.4) is 0 Å². The second-order valence-corrected chi connectivity index (χ2v) is 8.59. The Balaban J connectivity index is 1.70. The number of unbranched alkanes of at least 4 members (excludes halogenated alkanes) is 3. The summed E-state index contributed by atoms with van der Waals surface area (Å²) in [7, 11) is 0. The Morgan fingerprint density at radius 3 is 1.39 bits per heavy atom. The van der Waals surface area contributed by atoms with Crippen LogP contribution in [0.1, 0.15) is 63.5 Å². The van der Waals surface area contributed by atoms with Crippen molar-refractivity contribution in [2.24, 2.45) is 43.3 Å². The molecule has 0 aliphatic heterocycles. The lowest BCUT2D eigenvalue weighted by molar-refractivity contribution is -0.117. The van der Waals surface area contributed by atoms with E-state index < -0.39 is 0 Å². The van der Waals surface area contributed by atoms with Gasteiger partial charge in [0.2, 0.25) is 23.7 Å². The number of rotatable bonds is 13. The Hall–Kier alpha value is -4.74. The van der Waals surface area contributed by atoms with Crippen LogP contribution in [-0.2, 0) is 9.59 Å². The lowest BCUT2D eigenvalue weighted by Crippen LogP contribution is -2.22. The molecule has 0 fully saturated rings. The van der Waals surface area contributed by atoms with Gasteiger partial charge in [0.1, 0.15) is 0 Å². The molecule has 0 radical (unpaired) electrons. The molecule has 12 nitrogen and oxygen atoms in total. The maximum absolute atomic E-state index is 12.3. The highest BCUT2D eigenvalue weighted by Gasteiger charge is 2.07. The largest absolute Gasteiger partial charge is 0.369 e.